The quantitative estimate of drug-likeness (QED) is 0.812. The van der Waals surface area contributed by atoms with Crippen molar-refractivity contribution in [1.82, 2.24) is 4.90 Å². The molecule has 0 spiro atoms. The third-order valence-electron chi connectivity index (χ3n) is 3.48. The number of hydrogen-bond acceptors (Lipinski definition) is 2. The minimum absolute atomic E-state index is 0.0870. The molecule has 21 heavy (non-hydrogen) atoms. The molecule has 0 unspecified atom stereocenters. The Morgan fingerprint density at radius 3 is 2.71 bits per heavy atom. The van der Waals surface area contributed by atoms with E-state index >= 15 is 0 Å². The Hall–Kier alpha value is -1.56. The highest BCUT2D eigenvalue weighted by atomic mass is 79.9. The monoisotopic (exact) mass is 354 g/mol. The van der Waals surface area contributed by atoms with Gasteiger partial charge in [0, 0.05) is 17.1 Å². The first kappa shape index (κ1) is 15.8. The normalized spacial score (nSPS) is 13.8. The van der Waals surface area contributed by atoms with Crippen LogP contribution >= 0.6 is 15.9 Å². The Morgan fingerprint density at radius 1 is 1.43 bits per heavy atom. The van der Waals surface area contributed by atoms with E-state index in [0.29, 0.717) is 22.7 Å². The number of hydrogen-bond donors (Lipinski definition) is 2. The summed E-state index contributed by atoms with van der Waals surface area (Å²) in [6.45, 7) is 2.79. The van der Waals surface area contributed by atoms with Crippen LogP contribution in [0.5, 0.6) is 0 Å². The van der Waals surface area contributed by atoms with Gasteiger partial charge in [-0.3, -0.25) is 0 Å². The number of nitrogens with zero attached hydrogens (tertiary/aromatic N) is 1. The number of carbonyl (C=O) groups is 2. The number of carboxylic acid groups (broad SMARTS) is 1. The molecule has 0 bridgehead atoms. The van der Waals surface area contributed by atoms with Crippen LogP contribution in [-0.2, 0) is 0 Å². The number of halogens is 1. The van der Waals surface area contributed by atoms with E-state index in [2.05, 4.69) is 28.2 Å². The summed E-state index contributed by atoms with van der Waals surface area (Å²) >= 11 is 3.30. The number of benzene rings is 1. The smallest absolute Gasteiger partial charge is 0.337 e. The standard InChI is InChI=1S/C15H19BrN2O3/c1-2-3-9-18(10-7-8-10)15(21)17-13-11(14(19)20)5-4-6-12(13)16/h4-6,10H,2-3,7-9H2,1H3,(H,17,21)(H,19,20). The predicted molar refractivity (Wildman–Crippen MR) is 84.8 cm³/mol. The first-order valence-electron chi connectivity index (χ1n) is 7.14. The lowest BCUT2D eigenvalue weighted by Crippen LogP contribution is -2.37. The van der Waals surface area contributed by atoms with Crippen LogP contribution in [0.25, 0.3) is 0 Å². The summed E-state index contributed by atoms with van der Waals surface area (Å²) in [4.78, 5) is 25.5. The van der Waals surface area contributed by atoms with E-state index in [4.69, 9.17) is 0 Å². The fraction of sp³-hybridized carbons (Fsp3) is 0.467. The van der Waals surface area contributed by atoms with Crippen LogP contribution in [0.15, 0.2) is 22.7 Å². The van der Waals surface area contributed by atoms with Gasteiger partial charge in [0.15, 0.2) is 0 Å². The molecule has 0 saturated heterocycles. The van der Waals surface area contributed by atoms with Gasteiger partial charge in [-0.25, -0.2) is 9.59 Å². The van der Waals surface area contributed by atoms with Crippen molar-refractivity contribution in [2.24, 2.45) is 0 Å². The van der Waals surface area contributed by atoms with Gasteiger partial charge in [-0.15, -0.1) is 0 Å². The zero-order valence-electron chi connectivity index (χ0n) is 11.9. The van der Waals surface area contributed by atoms with Gasteiger partial charge in [0.2, 0.25) is 0 Å². The Labute approximate surface area is 132 Å². The lowest BCUT2D eigenvalue weighted by molar-refractivity contribution is 0.0698. The Balaban J connectivity index is 2.16. The van der Waals surface area contributed by atoms with E-state index in [1.54, 1.807) is 12.1 Å². The van der Waals surface area contributed by atoms with Crippen LogP contribution in [0.3, 0.4) is 0 Å². The number of carboxylic acids is 1. The highest BCUT2D eigenvalue weighted by molar-refractivity contribution is 9.10. The lowest BCUT2D eigenvalue weighted by Gasteiger charge is -2.23. The van der Waals surface area contributed by atoms with Crippen molar-refractivity contribution >= 4 is 33.6 Å². The van der Waals surface area contributed by atoms with Gasteiger partial charge in [-0.1, -0.05) is 19.4 Å². The molecule has 0 heterocycles. The van der Waals surface area contributed by atoms with Crippen LogP contribution in [0.4, 0.5) is 10.5 Å². The minimum atomic E-state index is -1.06. The van der Waals surface area contributed by atoms with Gasteiger partial charge in [-0.2, -0.15) is 0 Å². The molecule has 5 nitrogen and oxygen atoms in total. The maximum Gasteiger partial charge on any atom is 0.337 e. The molecule has 1 saturated carbocycles. The average molecular weight is 355 g/mol. The molecule has 1 aromatic carbocycles. The highest BCUT2D eigenvalue weighted by Gasteiger charge is 2.32. The van der Waals surface area contributed by atoms with E-state index in [9.17, 15) is 14.7 Å². The average Bonchev–Trinajstić information content (AvgIpc) is 3.26. The number of aromatic carboxylic acids is 1. The summed E-state index contributed by atoms with van der Waals surface area (Å²) in [5, 5.41) is 12.0. The minimum Gasteiger partial charge on any atom is -0.478 e. The molecule has 0 aliphatic heterocycles. The largest absolute Gasteiger partial charge is 0.478 e. The number of para-hydroxylation sites is 1. The zero-order valence-corrected chi connectivity index (χ0v) is 13.5. The molecule has 2 amide bonds. The maximum atomic E-state index is 12.4. The summed E-state index contributed by atoms with van der Waals surface area (Å²) in [6.07, 6.45) is 4.02. The van der Waals surface area contributed by atoms with Gasteiger partial charge in [0.1, 0.15) is 0 Å². The second-order valence-corrected chi connectivity index (χ2v) is 6.03. The summed E-state index contributed by atoms with van der Waals surface area (Å²) in [6, 6.07) is 4.91. The maximum absolute atomic E-state index is 12.4. The fourth-order valence-electron chi connectivity index (χ4n) is 2.17. The van der Waals surface area contributed by atoms with Crippen molar-refractivity contribution in [2.75, 3.05) is 11.9 Å². The number of urea groups is 1. The molecule has 1 aliphatic carbocycles. The second-order valence-electron chi connectivity index (χ2n) is 5.18. The highest BCUT2D eigenvalue weighted by Crippen LogP contribution is 2.30. The Kier molecular flexibility index (Phi) is 5.22. The van der Waals surface area contributed by atoms with Crippen molar-refractivity contribution in [3.8, 4) is 0 Å². The van der Waals surface area contributed by atoms with Gasteiger partial charge in [0.05, 0.1) is 11.3 Å². The van der Waals surface area contributed by atoms with Crippen molar-refractivity contribution in [2.45, 2.75) is 38.6 Å². The van der Waals surface area contributed by atoms with Crippen LogP contribution in [0, 0.1) is 0 Å². The predicted octanol–water partition coefficient (Wildman–Crippen LogP) is 3.94. The molecule has 6 heteroatoms. The molecule has 2 rings (SSSR count). The first-order chi connectivity index (χ1) is 10.0. The van der Waals surface area contributed by atoms with Gasteiger partial charge < -0.3 is 15.3 Å². The van der Waals surface area contributed by atoms with E-state index in [0.717, 1.165) is 25.7 Å². The molecule has 1 fully saturated rings. The molecule has 114 valence electrons. The number of carbonyl (C=O) groups excluding carboxylic acids is 1. The molecule has 2 N–H and O–H groups in total. The number of anilines is 1. The molecule has 1 aromatic rings. The first-order valence-corrected chi connectivity index (χ1v) is 7.93. The summed E-state index contributed by atoms with van der Waals surface area (Å²) in [5.41, 5.74) is 0.404. The van der Waals surface area contributed by atoms with Crippen LogP contribution < -0.4 is 5.32 Å². The number of unbranched alkanes of at least 4 members (excludes halogenated alkanes) is 1. The van der Waals surface area contributed by atoms with E-state index < -0.39 is 5.97 Å². The molecule has 0 atom stereocenters. The summed E-state index contributed by atoms with van der Waals surface area (Å²) < 4.78 is 0.571. The van der Waals surface area contributed by atoms with E-state index in [1.165, 1.54) is 6.07 Å². The molecule has 0 radical (unpaired) electrons. The number of amides is 2. The topological polar surface area (TPSA) is 69.6 Å². The second kappa shape index (κ2) is 6.93. The van der Waals surface area contributed by atoms with Gasteiger partial charge in [-0.05, 0) is 47.3 Å². The van der Waals surface area contributed by atoms with Crippen LogP contribution in [0.2, 0.25) is 0 Å². The molecule has 1 aliphatic rings. The van der Waals surface area contributed by atoms with Crippen molar-refractivity contribution in [1.29, 1.82) is 0 Å². The Bertz CT molecular complexity index is 544. The molecular formula is C15H19BrN2O3. The van der Waals surface area contributed by atoms with Gasteiger partial charge >= 0.3 is 12.0 Å². The summed E-state index contributed by atoms with van der Waals surface area (Å²) in [5.74, 6) is -1.06. The fourth-order valence-corrected chi connectivity index (χ4v) is 2.64. The zero-order chi connectivity index (χ0) is 15.4. The number of nitrogens with one attached hydrogen (secondary N) is 1. The van der Waals surface area contributed by atoms with Crippen LogP contribution in [-0.4, -0.2) is 34.6 Å². The summed E-state index contributed by atoms with van der Waals surface area (Å²) in [7, 11) is 0. The lowest BCUT2D eigenvalue weighted by atomic mass is 10.2. The molecule has 0 aromatic heterocycles. The van der Waals surface area contributed by atoms with Gasteiger partial charge in [0.25, 0.3) is 0 Å². The number of rotatable bonds is 6. The van der Waals surface area contributed by atoms with Crippen molar-refractivity contribution < 1.29 is 14.7 Å². The third kappa shape index (κ3) is 3.97. The molecular weight excluding hydrogens is 336 g/mol. The third-order valence-corrected chi connectivity index (χ3v) is 4.14. The SMILES string of the molecule is CCCCN(C(=O)Nc1c(Br)cccc1C(=O)O)C1CC1. The van der Waals surface area contributed by atoms with E-state index in [1.807, 2.05) is 4.90 Å². The van der Waals surface area contributed by atoms with Crippen molar-refractivity contribution in [3.05, 3.63) is 28.2 Å². The van der Waals surface area contributed by atoms with Crippen molar-refractivity contribution in [3.63, 3.8) is 0 Å². The van der Waals surface area contributed by atoms with E-state index in [-0.39, 0.29) is 11.6 Å². The Morgan fingerprint density at radius 2 is 2.14 bits per heavy atom. The van der Waals surface area contributed by atoms with Crippen LogP contribution in [0.1, 0.15) is 43.0 Å².